The summed E-state index contributed by atoms with van der Waals surface area (Å²) in [5.74, 6) is 1.03. The van der Waals surface area contributed by atoms with Gasteiger partial charge in [-0.25, -0.2) is 0 Å². The second kappa shape index (κ2) is 10.1. The van der Waals surface area contributed by atoms with E-state index in [9.17, 15) is 4.79 Å². The maximum atomic E-state index is 12.2. The average molecular weight is 415 g/mol. The zero-order chi connectivity index (χ0) is 19.8. The number of rotatable bonds is 9. The summed E-state index contributed by atoms with van der Waals surface area (Å²) < 4.78 is 6.34. The van der Waals surface area contributed by atoms with Crippen LogP contribution in [0, 0.1) is 0 Å². The molecule has 3 aromatic rings. The summed E-state index contributed by atoms with van der Waals surface area (Å²) in [6.45, 7) is 4.51. The van der Waals surface area contributed by atoms with E-state index in [2.05, 4.69) is 20.8 Å². The Morgan fingerprint density at radius 2 is 1.89 bits per heavy atom. The van der Waals surface area contributed by atoms with Gasteiger partial charge in [0, 0.05) is 0 Å². The third kappa shape index (κ3) is 5.71. The van der Waals surface area contributed by atoms with Crippen LogP contribution in [0.4, 0.5) is 10.8 Å². The van der Waals surface area contributed by atoms with E-state index < -0.39 is 0 Å². The average Bonchev–Trinajstić information content (AvgIpc) is 3.16. The number of nitrogens with zero attached hydrogens (tertiary/aromatic N) is 2. The minimum atomic E-state index is -0.0345. The number of benzene rings is 2. The number of carbonyl (C=O) groups is 1. The van der Waals surface area contributed by atoms with E-state index in [1.54, 1.807) is 0 Å². The van der Waals surface area contributed by atoms with Gasteiger partial charge in [0.15, 0.2) is 4.34 Å². The van der Waals surface area contributed by atoms with Crippen molar-refractivity contribution in [2.75, 3.05) is 17.7 Å². The zero-order valence-electron chi connectivity index (χ0n) is 15.7. The second-order valence-corrected chi connectivity index (χ2v) is 8.12. The molecular weight excluding hydrogens is 392 g/mol. The molecular formula is C20H22N4O2S2. The standard InChI is InChI=1S/C20H22N4O2S2/c1-3-26-17-12-8-7-11-16(17)22-19-23-24-20(28-19)27-13-18(25)21-14(2)15-9-5-4-6-10-15/h4-12,14H,3,13H2,1-2H3,(H,21,25)(H,22,23)/t14-/m1/s1. The van der Waals surface area contributed by atoms with Crippen LogP contribution >= 0.6 is 23.1 Å². The Labute approximate surface area is 172 Å². The van der Waals surface area contributed by atoms with Crippen LogP contribution in [0.5, 0.6) is 5.75 Å². The summed E-state index contributed by atoms with van der Waals surface area (Å²) in [5.41, 5.74) is 1.92. The molecule has 1 atom stereocenters. The van der Waals surface area contributed by atoms with Crippen molar-refractivity contribution in [1.29, 1.82) is 0 Å². The number of anilines is 2. The van der Waals surface area contributed by atoms with Crippen molar-refractivity contribution in [3.8, 4) is 5.75 Å². The molecule has 8 heteroatoms. The normalized spacial score (nSPS) is 11.6. The number of carbonyl (C=O) groups excluding carboxylic acids is 1. The lowest BCUT2D eigenvalue weighted by Crippen LogP contribution is -2.28. The molecule has 146 valence electrons. The lowest BCUT2D eigenvalue weighted by Gasteiger charge is -2.13. The van der Waals surface area contributed by atoms with E-state index >= 15 is 0 Å². The van der Waals surface area contributed by atoms with Gasteiger partial charge in [-0.1, -0.05) is 65.6 Å². The quantitative estimate of drug-likeness (QED) is 0.497. The molecule has 1 heterocycles. The van der Waals surface area contributed by atoms with Crippen molar-refractivity contribution in [2.45, 2.75) is 24.2 Å². The minimum absolute atomic E-state index is 0.0315. The van der Waals surface area contributed by atoms with E-state index in [0.29, 0.717) is 17.5 Å². The summed E-state index contributed by atoms with van der Waals surface area (Å²) in [6, 6.07) is 17.5. The van der Waals surface area contributed by atoms with Crippen molar-refractivity contribution in [2.24, 2.45) is 0 Å². The molecule has 2 N–H and O–H groups in total. The molecule has 28 heavy (non-hydrogen) atoms. The zero-order valence-corrected chi connectivity index (χ0v) is 17.3. The van der Waals surface area contributed by atoms with E-state index in [-0.39, 0.29) is 11.9 Å². The highest BCUT2D eigenvalue weighted by Crippen LogP contribution is 2.31. The number of nitrogens with one attached hydrogen (secondary N) is 2. The van der Waals surface area contributed by atoms with Crippen LogP contribution in [-0.4, -0.2) is 28.5 Å². The molecule has 2 aromatic carbocycles. The molecule has 0 saturated carbocycles. The van der Waals surface area contributed by atoms with Crippen LogP contribution in [0.2, 0.25) is 0 Å². The molecule has 0 aliphatic rings. The van der Waals surface area contributed by atoms with E-state index in [0.717, 1.165) is 21.3 Å². The largest absolute Gasteiger partial charge is 0.492 e. The van der Waals surface area contributed by atoms with E-state index in [4.69, 9.17) is 4.74 Å². The number of aromatic nitrogens is 2. The Bertz CT molecular complexity index is 902. The first kappa shape index (κ1) is 20.2. The number of amides is 1. The molecule has 0 unspecified atom stereocenters. The molecule has 0 saturated heterocycles. The number of thioether (sulfide) groups is 1. The van der Waals surface area contributed by atoms with Gasteiger partial charge in [0.2, 0.25) is 11.0 Å². The number of hydrogen-bond acceptors (Lipinski definition) is 7. The first-order chi connectivity index (χ1) is 13.7. The number of para-hydroxylation sites is 2. The summed E-state index contributed by atoms with van der Waals surface area (Å²) in [5, 5.41) is 15.2. The first-order valence-electron chi connectivity index (χ1n) is 8.95. The van der Waals surface area contributed by atoms with Crippen LogP contribution in [0.25, 0.3) is 0 Å². The molecule has 3 rings (SSSR count). The van der Waals surface area contributed by atoms with Crippen LogP contribution in [0.15, 0.2) is 58.9 Å². The first-order valence-corrected chi connectivity index (χ1v) is 10.8. The molecule has 0 aliphatic carbocycles. The Morgan fingerprint density at radius 1 is 1.14 bits per heavy atom. The fraction of sp³-hybridized carbons (Fsp3) is 0.250. The summed E-state index contributed by atoms with van der Waals surface area (Å²) in [6.07, 6.45) is 0. The van der Waals surface area contributed by atoms with Gasteiger partial charge in [0.25, 0.3) is 0 Å². The lowest BCUT2D eigenvalue weighted by atomic mass is 10.1. The van der Waals surface area contributed by atoms with Gasteiger partial charge < -0.3 is 15.4 Å². The summed E-state index contributed by atoms with van der Waals surface area (Å²) in [4.78, 5) is 12.2. The molecule has 0 bridgehead atoms. The molecule has 1 aromatic heterocycles. The highest BCUT2D eigenvalue weighted by Gasteiger charge is 2.12. The molecule has 0 aliphatic heterocycles. The van der Waals surface area contributed by atoms with Gasteiger partial charge >= 0.3 is 0 Å². The molecule has 0 radical (unpaired) electrons. The summed E-state index contributed by atoms with van der Waals surface area (Å²) in [7, 11) is 0. The van der Waals surface area contributed by atoms with Gasteiger partial charge in [0.05, 0.1) is 24.1 Å². The van der Waals surface area contributed by atoms with Crippen molar-refractivity contribution < 1.29 is 9.53 Å². The predicted octanol–water partition coefficient (Wildman–Crippen LogP) is 4.65. The fourth-order valence-corrected chi connectivity index (χ4v) is 4.10. The van der Waals surface area contributed by atoms with Crippen molar-refractivity contribution >= 4 is 39.8 Å². The van der Waals surface area contributed by atoms with Gasteiger partial charge in [-0.05, 0) is 31.5 Å². The van der Waals surface area contributed by atoms with Gasteiger partial charge in [0.1, 0.15) is 5.75 Å². The number of hydrogen-bond donors (Lipinski definition) is 2. The SMILES string of the molecule is CCOc1ccccc1Nc1nnc(SCC(=O)N[C@H](C)c2ccccc2)s1. The van der Waals surface area contributed by atoms with E-state index in [1.165, 1.54) is 23.1 Å². The highest BCUT2D eigenvalue weighted by atomic mass is 32.2. The predicted molar refractivity (Wildman–Crippen MR) is 115 cm³/mol. The van der Waals surface area contributed by atoms with Crippen molar-refractivity contribution in [3.63, 3.8) is 0 Å². The lowest BCUT2D eigenvalue weighted by molar-refractivity contribution is -0.119. The third-order valence-electron chi connectivity index (χ3n) is 3.84. The maximum Gasteiger partial charge on any atom is 0.230 e. The Balaban J connectivity index is 1.51. The van der Waals surface area contributed by atoms with Crippen LogP contribution < -0.4 is 15.4 Å². The van der Waals surface area contributed by atoms with Crippen LogP contribution in [0.3, 0.4) is 0 Å². The van der Waals surface area contributed by atoms with Gasteiger partial charge in [-0.2, -0.15) is 0 Å². The Hall–Kier alpha value is -2.58. The van der Waals surface area contributed by atoms with E-state index in [1.807, 2.05) is 68.4 Å². The Morgan fingerprint density at radius 3 is 2.68 bits per heavy atom. The second-order valence-electron chi connectivity index (χ2n) is 5.92. The maximum absolute atomic E-state index is 12.2. The summed E-state index contributed by atoms with van der Waals surface area (Å²) >= 11 is 2.78. The monoisotopic (exact) mass is 414 g/mol. The fourth-order valence-electron chi connectivity index (χ4n) is 2.52. The van der Waals surface area contributed by atoms with Crippen LogP contribution in [0.1, 0.15) is 25.5 Å². The Kier molecular flexibility index (Phi) is 7.27. The topological polar surface area (TPSA) is 76.1 Å². The molecule has 0 fully saturated rings. The van der Waals surface area contributed by atoms with Gasteiger partial charge in [-0.15, -0.1) is 10.2 Å². The van der Waals surface area contributed by atoms with Crippen molar-refractivity contribution in [1.82, 2.24) is 15.5 Å². The van der Waals surface area contributed by atoms with Crippen molar-refractivity contribution in [3.05, 3.63) is 60.2 Å². The number of ether oxygens (including phenoxy) is 1. The molecule has 0 spiro atoms. The molecule has 1 amide bonds. The minimum Gasteiger partial charge on any atom is -0.492 e. The van der Waals surface area contributed by atoms with Crippen LogP contribution in [-0.2, 0) is 4.79 Å². The highest BCUT2D eigenvalue weighted by molar-refractivity contribution is 8.01. The smallest absolute Gasteiger partial charge is 0.230 e. The third-order valence-corrected chi connectivity index (χ3v) is 5.81. The molecule has 6 nitrogen and oxygen atoms in total. The van der Waals surface area contributed by atoms with Gasteiger partial charge in [-0.3, -0.25) is 4.79 Å².